The molecule has 102 valence electrons. The summed E-state index contributed by atoms with van der Waals surface area (Å²) in [5.41, 5.74) is 2.11. The third-order valence-electron chi connectivity index (χ3n) is 3.94. The summed E-state index contributed by atoms with van der Waals surface area (Å²) in [5.74, 6) is 1.71. The van der Waals surface area contributed by atoms with E-state index in [0.717, 1.165) is 24.6 Å². The highest BCUT2D eigenvalue weighted by Crippen LogP contribution is 2.20. The molecule has 19 heavy (non-hydrogen) atoms. The van der Waals surface area contributed by atoms with Crippen LogP contribution in [0.15, 0.2) is 18.5 Å². The Hall–Kier alpha value is -1.62. The predicted octanol–water partition coefficient (Wildman–Crippen LogP) is 1.84. The lowest BCUT2D eigenvalue weighted by Crippen LogP contribution is -2.39. The van der Waals surface area contributed by atoms with E-state index < -0.39 is 0 Å². The van der Waals surface area contributed by atoms with Crippen LogP contribution in [0.3, 0.4) is 0 Å². The van der Waals surface area contributed by atoms with Crippen molar-refractivity contribution >= 4 is 11.5 Å². The Labute approximate surface area is 113 Å². The van der Waals surface area contributed by atoms with Gasteiger partial charge in [0.1, 0.15) is 12.1 Å². The Morgan fingerprint density at radius 2 is 2.37 bits per heavy atom. The molecule has 3 heterocycles. The van der Waals surface area contributed by atoms with Crippen molar-refractivity contribution in [2.24, 2.45) is 5.92 Å². The van der Waals surface area contributed by atoms with Crippen molar-refractivity contribution < 1.29 is 0 Å². The molecule has 0 aromatic carbocycles. The summed E-state index contributed by atoms with van der Waals surface area (Å²) in [6, 6.07) is 4.61. The van der Waals surface area contributed by atoms with Gasteiger partial charge >= 0.3 is 0 Å². The zero-order valence-corrected chi connectivity index (χ0v) is 11.6. The summed E-state index contributed by atoms with van der Waals surface area (Å²) in [6.45, 7) is 6.59. The van der Waals surface area contributed by atoms with E-state index >= 15 is 0 Å². The minimum atomic E-state index is 0.432. The van der Waals surface area contributed by atoms with Gasteiger partial charge in [-0.15, -0.1) is 0 Å². The highest BCUT2D eigenvalue weighted by Gasteiger charge is 2.20. The van der Waals surface area contributed by atoms with Crippen LogP contribution in [-0.4, -0.2) is 33.7 Å². The molecule has 0 radical (unpaired) electrons. The fourth-order valence-corrected chi connectivity index (χ4v) is 2.82. The average molecular weight is 259 g/mol. The van der Waals surface area contributed by atoms with Crippen LogP contribution in [0, 0.1) is 12.8 Å². The molecule has 5 heteroatoms. The molecule has 1 aliphatic heterocycles. The van der Waals surface area contributed by atoms with E-state index in [0.29, 0.717) is 12.0 Å². The second-order valence-corrected chi connectivity index (χ2v) is 5.49. The van der Waals surface area contributed by atoms with Gasteiger partial charge in [0.15, 0.2) is 5.65 Å². The minimum Gasteiger partial charge on any atom is -0.367 e. The van der Waals surface area contributed by atoms with E-state index in [4.69, 9.17) is 0 Å². The summed E-state index contributed by atoms with van der Waals surface area (Å²) < 4.78 is 1.87. The molecule has 3 rings (SSSR count). The van der Waals surface area contributed by atoms with E-state index in [-0.39, 0.29) is 0 Å². The minimum absolute atomic E-state index is 0.432. The van der Waals surface area contributed by atoms with Crippen molar-refractivity contribution in [2.45, 2.75) is 32.7 Å². The Bertz CT molecular complexity index is 556. The highest BCUT2D eigenvalue weighted by atomic mass is 15.3. The molecule has 5 nitrogen and oxygen atoms in total. The summed E-state index contributed by atoms with van der Waals surface area (Å²) in [4.78, 5) is 4.26. The summed E-state index contributed by atoms with van der Waals surface area (Å²) in [7, 11) is 0. The van der Waals surface area contributed by atoms with E-state index in [1.54, 1.807) is 6.33 Å². The first-order valence-corrected chi connectivity index (χ1v) is 7.01. The van der Waals surface area contributed by atoms with Crippen LogP contribution in [-0.2, 0) is 0 Å². The van der Waals surface area contributed by atoms with E-state index in [1.807, 2.05) is 10.6 Å². The van der Waals surface area contributed by atoms with Gasteiger partial charge in [-0.1, -0.05) is 0 Å². The summed E-state index contributed by atoms with van der Waals surface area (Å²) in [6.07, 6.45) is 4.16. The number of hydrogen-bond acceptors (Lipinski definition) is 4. The quantitative estimate of drug-likeness (QED) is 0.883. The maximum Gasteiger partial charge on any atom is 0.157 e. The largest absolute Gasteiger partial charge is 0.367 e. The second-order valence-electron chi connectivity index (χ2n) is 5.49. The average Bonchev–Trinajstić information content (AvgIpc) is 2.88. The molecule has 0 saturated carbocycles. The van der Waals surface area contributed by atoms with Crippen LogP contribution in [0.4, 0.5) is 5.82 Å². The Morgan fingerprint density at radius 1 is 1.47 bits per heavy atom. The number of nitrogens with one attached hydrogen (secondary N) is 2. The molecule has 2 aromatic rings. The topological polar surface area (TPSA) is 54.2 Å². The zero-order chi connectivity index (χ0) is 13.2. The number of fused-ring (bicyclic) bond motifs is 1. The predicted molar refractivity (Wildman–Crippen MR) is 76.4 cm³/mol. The van der Waals surface area contributed by atoms with Gasteiger partial charge in [-0.2, -0.15) is 9.61 Å². The molecule has 0 spiro atoms. The molecule has 1 fully saturated rings. The molecular formula is C14H21N5. The molecule has 1 aliphatic rings. The van der Waals surface area contributed by atoms with Crippen molar-refractivity contribution in [3.8, 4) is 0 Å². The fraction of sp³-hybridized carbons (Fsp3) is 0.571. The summed E-state index contributed by atoms with van der Waals surface area (Å²) in [5, 5.41) is 11.4. The number of rotatable bonds is 3. The Kier molecular flexibility index (Phi) is 3.38. The number of nitrogens with zero attached hydrogens (tertiary/aromatic N) is 3. The van der Waals surface area contributed by atoms with Crippen LogP contribution in [0.5, 0.6) is 0 Å². The van der Waals surface area contributed by atoms with Crippen LogP contribution < -0.4 is 10.6 Å². The van der Waals surface area contributed by atoms with Gasteiger partial charge in [0.25, 0.3) is 0 Å². The molecular weight excluding hydrogens is 238 g/mol. The SMILES string of the molecule is Cc1cc(NC(C)C2CCCNC2)n2ncnc2c1. The molecule has 1 saturated heterocycles. The van der Waals surface area contributed by atoms with E-state index in [2.05, 4.69) is 40.6 Å². The maximum absolute atomic E-state index is 4.29. The fourth-order valence-electron chi connectivity index (χ4n) is 2.82. The molecule has 0 bridgehead atoms. The molecule has 2 aromatic heterocycles. The zero-order valence-electron chi connectivity index (χ0n) is 11.6. The lowest BCUT2D eigenvalue weighted by atomic mass is 9.93. The van der Waals surface area contributed by atoms with Crippen LogP contribution in [0.25, 0.3) is 5.65 Å². The third-order valence-corrected chi connectivity index (χ3v) is 3.94. The van der Waals surface area contributed by atoms with Gasteiger partial charge < -0.3 is 10.6 Å². The van der Waals surface area contributed by atoms with Gasteiger partial charge in [-0.25, -0.2) is 4.98 Å². The normalized spacial score (nSPS) is 21.5. The Morgan fingerprint density at radius 3 is 3.16 bits per heavy atom. The van der Waals surface area contributed by atoms with Crippen LogP contribution in [0.2, 0.25) is 0 Å². The van der Waals surface area contributed by atoms with Crippen molar-refractivity contribution in [3.05, 3.63) is 24.0 Å². The molecule has 0 amide bonds. The monoisotopic (exact) mass is 259 g/mol. The van der Waals surface area contributed by atoms with Crippen LogP contribution >= 0.6 is 0 Å². The first-order chi connectivity index (χ1) is 9.24. The molecule has 0 aliphatic carbocycles. The molecule has 2 unspecified atom stereocenters. The number of pyridine rings is 1. The number of piperidine rings is 1. The van der Waals surface area contributed by atoms with Gasteiger partial charge in [0, 0.05) is 6.04 Å². The number of aromatic nitrogens is 3. The van der Waals surface area contributed by atoms with E-state index in [9.17, 15) is 0 Å². The van der Waals surface area contributed by atoms with Crippen molar-refractivity contribution in [1.82, 2.24) is 19.9 Å². The van der Waals surface area contributed by atoms with Crippen molar-refractivity contribution in [1.29, 1.82) is 0 Å². The van der Waals surface area contributed by atoms with Gasteiger partial charge in [0.05, 0.1) is 0 Å². The smallest absolute Gasteiger partial charge is 0.157 e. The number of hydrogen-bond donors (Lipinski definition) is 2. The first kappa shape index (κ1) is 12.4. The highest BCUT2D eigenvalue weighted by molar-refractivity contribution is 5.51. The lowest BCUT2D eigenvalue weighted by molar-refractivity contribution is 0.346. The Balaban J connectivity index is 1.82. The number of anilines is 1. The maximum atomic E-state index is 4.29. The first-order valence-electron chi connectivity index (χ1n) is 7.01. The van der Waals surface area contributed by atoms with Crippen molar-refractivity contribution in [3.63, 3.8) is 0 Å². The van der Waals surface area contributed by atoms with Gasteiger partial charge in [-0.05, 0) is 63.4 Å². The number of aryl methyl sites for hydroxylation is 1. The van der Waals surface area contributed by atoms with Crippen molar-refractivity contribution in [2.75, 3.05) is 18.4 Å². The van der Waals surface area contributed by atoms with Gasteiger partial charge in [0.2, 0.25) is 0 Å². The third kappa shape index (κ3) is 2.56. The molecule has 2 atom stereocenters. The lowest BCUT2D eigenvalue weighted by Gasteiger charge is -2.29. The van der Waals surface area contributed by atoms with E-state index in [1.165, 1.54) is 18.4 Å². The second kappa shape index (κ2) is 5.17. The van der Waals surface area contributed by atoms with Crippen LogP contribution in [0.1, 0.15) is 25.3 Å². The standard InChI is InChI=1S/C14H21N5/c1-10-6-13-16-9-17-19(13)14(7-10)18-11(2)12-4-3-5-15-8-12/h6-7,9,11-12,15,18H,3-5,8H2,1-2H3. The molecule has 2 N–H and O–H groups in total. The van der Waals surface area contributed by atoms with Gasteiger partial charge in [-0.3, -0.25) is 0 Å². The summed E-state index contributed by atoms with van der Waals surface area (Å²) >= 11 is 0.